The van der Waals surface area contributed by atoms with E-state index in [2.05, 4.69) is 4.98 Å². The van der Waals surface area contributed by atoms with E-state index in [1.165, 1.54) is 42.2 Å². The van der Waals surface area contributed by atoms with Crippen LogP contribution in [0.5, 0.6) is 5.75 Å². The molecule has 1 N–H and O–H groups in total. The number of carboxylic acids is 1. The lowest BCUT2D eigenvalue weighted by atomic mass is 10.0. The van der Waals surface area contributed by atoms with Gasteiger partial charge in [-0.2, -0.15) is 0 Å². The van der Waals surface area contributed by atoms with Crippen LogP contribution in [0, 0.1) is 12.8 Å². The SMILES string of the molecule is COc1ccccc1C(Cn1c(=O)n(C(C)(C)C(=O)O)c(=O)c2c(C)c(-c3ncco3)sc21)O[C@@H]1CC2CC1CN2C(C)=O. The van der Waals surface area contributed by atoms with Crippen LogP contribution in [0.25, 0.3) is 21.0 Å². The highest BCUT2D eigenvalue weighted by Gasteiger charge is 2.47. The van der Waals surface area contributed by atoms with Crippen molar-refractivity contribution in [1.82, 2.24) is 19.0 Å². The highest BCUT2D eigenvalue weighted by molar-refractivity contribution is 7.22. The smallest absolute Gasteiger partial charge is 0.333 e. The van der Waals surface area contributed by atoms with E-state index in [1.54, 1.807) is 21.0 Å². The third-order valence-corrected chi connectivity index (χ3v) is 10.3. The molecule has 3 unspecified atom stereocenters. The van der Waals surface area contributed by atoms with Gasteiger partial charge in [0.1, 0.15) is 28.5 Å². The molecule has 44 heavy (non-hydrogen) atoms. The third kappa shape index (κ3) is 4.74. The molecule has 4 atom stereocenters. The Morgan fingerprint density at radius 2 is 1.98 bits per heavy atom. The number of rotatable bonds is 9. The minimum Gasteiger partial charge on any atom is -0.496 e. The number of carbonyl (C=O) groups excluding carboxylic acids is 1. The lowest BCUT2D eigenvalue weighted by molar-refractivity contribution is -0.146. The number of aliphatic carboxylic acids is 1. The molecule has 2 aliphatic rings. The summed E-state index contributed by atoms with van der Waals surface area (Å²) in [5, 5.41) is 10.3. The monoisotopic (exact) mass is 622 g/mol. The average molecular weight is 623 g/mol. The summed E-state index contributed by atoms with van der Waals surface area (Å²) in [7, 11) is 1.56. The van der Waals surface area contributed by atoms with E-state index < -0.39 is 28.9 Å². The van der Waals surface area contributed by atoms with E-state index in [4.69, 9.17) is 13.9 Å². The summed E-state index contributed by atoms with van der Waals surface area (Å²) in [4.78, 5) is 59.7. The number of aromatic nitrogens is 3. The minimum atomic E-state index is -1.84. The van der Waals surface area contributed by atoms with Crippen LogP contribution in [0.3, 0.4) is 0 Å². The molecule has 1 aliphatic heterocycles. The number of methoxy groups -OCH3 is 1. The minimum absolute atomic E-state index is 0.0268. The van der Waals surface area contributed by atoms with E-state index in [0.29, 0.717) is 45.4 Å². The number of hydrogen-bond donors (Lipinski definition) is 1. The van der Waals surface area contributed by atoms with Crippen molar-refractivity contribution in [1.29, 1.82) is 0 Å². The standard InChI is InChI=1S/C31H34N4O8S/c1-16-24-27(37)35(31(3,4)29(38)39)30(40)34(28(24)44-25(16)26-32-10-11-42-26)15-23(20-8-6-7-9-21(20)41-5)43-22-13-19-12-18(22)14-33(19)17(2)36/h6-11,18-19,22-23H,12-15H2,1-5H3,(H,38,39)/t18?,19?,22-,23?/m1/s1. The van der Waals surface area contributed by atoms with Crippen LogP contribution in [-0.4, -0.2) is 61.8 Å². The van der Waals surface area contributed by atoms with E-state index in [9.17, 15) is 24.3 Å². The second-order valence-corrected chi connectivity index (χ2v) is 12.9. The van der Waals surface area contributed by atoms with Crippen LogP contribution in [0.2, 0.25) is 0 Å². The van der Waals surface area contributed by atoms with E-state index in [-0.39, 0.29) is 35.9 Å². The van der Waals surface area contributed by atoms with Crippen molar-refractivity contribution in [2.75, 3.05) is 13.7 Å². The van der Waals surface area contributed by atoms with E-state index in [0.717, 1.165) is 11.0 Å². The Morgan fingerprint density at radius 1 is 1.23 bits per heavy atom. The number of amides is 1. The first-order valence-corrected chi connectivity index (χ1v) is 15.2. The van der Waals surface area contributed by atoms with Crippen molar-refractivity contribution >= 4 is 33.4 Å². The normalized spacial score (nSPS) is 20.4. The van der Waals surface area contributed by atoms with Gasteiger partial charge >= 0.3 is 11.7 Å². The fourth-order valence-corrected chi connectivity index (χ4v) is 7.86. The topological polar surface area (TPSA) is 146 Å². The van der Waals surface area contributed by atoms with Gasteiger partial charge in [0.05, 0.1) is 36.2 Å². The summed E-state index contributed by atoms with van der Waals surface area (Å²) in [6.45, 7) is 6.55. The molecule has 2 fully saturated rings. The number of fused-ring (bicyclic) bond motifs is 3. The number of piperidine rings is 1. The second kappa shape index (κ2) is 11.0. The summed E-state index contributed by atoms with van der Waals surface area (Å²) in [5.41, 5.74) is -2.07. The predicted octanol–water partition coefficient (Wildman–Crippen LogP) is 3.78. The molecule has 4 heterocycles. The number of ether oxygens (including phenoxy) is 2. The first-order chi connectivity index (χ1) is 20.9. The molecule has 1 amide bonds. The van der Waals surface area contributed by atoms with Gasteiger partial charge in [-0.1, -0.05) is 18.2 Å². The second-order valence-electron chi connectivity index (χ2n) is 11.9. The Morgan fingerprint density at radius 3 is 2.59 bits per heavy atom. The van der Waals surface area contributed by atoms with Gasteiger partial charge in [-0.15, -0.1) is 11.3 Å². The first kappa shape index (κ1) is 29.8. The molecule has 1 saturated carbocycles. The highest BCUT2D eigenvalue weighted by Crippen LogP contribution is 2.43. The first-order valence-electron chi connectivity index (χ1n) is 14.4. The number of nitrogens with zero attached hydrogens (tertiary/aromatic N) is 4. The van der Waals surface area contributed by atoms with Crippen LogP contribution < -0.4 is 16.0 Å². The molecule has 4 aromatic rings. The van der Waals surface area contributed by atoms with Crippen molar-refractivity contribution < 1.29 is 28.6 Å². The fourth-order valence-electron chi connectivity index (χ4n) is 6.62. The number of oxazole rings is 1. The number of para-hydroxylation sites is 1. The number of aryl methyl sites for hydroxylation is 1. The van der Waals surface area contributed by atoms with Crippen LogP contribution in [-0.2, 0) is 26.4 Å². The molecule has 2 bridgehead atoms. The molecular formula is C31H34N4O8S. The highest BCUT2D eigenvalue weighted by atomic mass is 32.1. The van der Waals surface area contributed by atoms with Crippen LogP contribution >= 0.6 is 11.3 Å². The maximum Gasteiger partial charge on any atom is 0.333 e. The maximum absolute atomic E-state index is 14.3. The van der Waals surface area contributed by atoms with Gasteiger partial charge in [0.2, 0.25) is 11.8 Å². The Hall–Kier alpha value is -4.23. The van der Waals surface area contributed by atoms with Crippen molar-refractivity contribution in [3.8, 4) is 16.5 Å². The quantitative estimate of drug-likeness (QED) is 0.295. The van der Waals surface area contributed by atoms with Gasteiger partial charge < -0.3 is 23.9 Å². The van der Waals surface area contributed by atoms with Gasteiger partial charge in [-0.25, -0.2) is 19.1 Å². The molecule has 6 rings (SSSR count). The zero-order valence-electron chi connectivity index (χ0n) is 25.1. The zero-order chi connectivity index (χ0) is 31.5. The Balaban J connectivity index is 1.53. The molecule has 1 aromatic carbocycles. The number of benzene rings is 1. The van der Waals surface area contributed by atoms with Gasteiger partial charge in [-0.05, 0) is 45.2 Å². The summed E-state index contributed by atoms with van der Waals surface area (Å²) >= 11 is 1.18. The van der Waals surface area contributed by atoms with Gasteiger partial charge in [0.15, 0.2) is 0 Å². The molecule has 1 saturated heterocycles. The van der Waals surface area contributed by atoms with E-state index in [1.807, 2.05) is 29.2 Å². The lowest BCUT2D eigenvalue weighted by Crippen LogP contribution is -2.52. The van der Waals surface area contributed by atoms with Gasteiger partial charge in [-0.3, -0.25) is 14.2 Å². The number of hydrogen-bond acceptors (Lipinski definition) is 9. The van der Waals surface area contributed by atoms with Gasteiger partial charge in [0, 0.05) is 31.0 Å². The summed E-state index contributed by atoms with van der Waals surface area (Å²) in [6, 6.07) is 7.47. The van der Waals surface area contributed by atoms with E-state index >= 15 is 0 Å². The van der Waals surface area contributed by atoms with Gasteiger partial charge in [0.25, 0.3) is 5.56 Å². The Bertz CT molecular complexity index is 1870. The predicted molar refractivity (Wildman–Crippen MR) is 162 cm³/mol. The molecular weight excluding hydrogens is 588 g/mol. The lowest BCUT2D eigenvalue weighted by Gasteiger charge is -2.34. The summed E-state index contributed by atoms with van der Waals surface area (Å²) < 4.78 is 20.3. The summed E-state index contributed by atoms with van der Waals surface area (Å²) in [6.07, 6.45) is 3.55. The largest absolute Gasteiger partial charge is 0.496 e. The molecule has 0 spiro atoms. The van der Waals surface area contributed by atoms with Crippen molar-refractivity contribution in [3.63, 3.8) is 0 Å². The molecule has 3 aromatic heterocycles. The molecule has 0 radical (unpaired) electrons. The number of thiophene rings is 1. The molecule has 232 valence electrons. The van der Waals surface area contributed by atoms with Crippen molar-refractivity contribution in [2.24, 2.45) is 5.92 Å². The molecule has 1 aliphatic carbocycles. The van der Waals surface area contributed by atoms with Crippen LogP contribution in [0.4, 0.5) is 0 Å². The van der Waals surface area contributed by atoms with Crippen LogP contribution in [0.15, 0.2) is 50.7 Å². The molecule has 12 nitrogen and oxygen atoms in total. The average Bonchev–Trinajstić information content (AvgIpc) is 3.79. The third-order valence-electron chi connectivity index (χ3n) is 8.98. The fraction of sp³-hybridized carbons (Fsp3) is 0.452. The summed E-state index contributed by atoms with van der Waals surface area (Å²) in [5.74, 6) is -0.279. The van der Waals surface area contributed by atoms with Crippen molar-refractivity contribution in [3.05, 3.63) is 68.7 Å². The van der Waals surface area contributed by atoms with Crippen LogP contribution in [0.1, 0.15) is 50.8 Å². The van der Waals surface area contributed by atoms with Crippen molar-refractivity contribution in [2.45, 2.75) is 70.9 Å². The Labute approximate surface area is 256 Å². The maximum atomic E-state index is 14.3. The number of carboxylic acid groups (broad SMARTS) is 1. The zero-order valence-corrected chi connectivity index (χ0v) is 25.9. The molecule has 13 heteroatoms. The number of likely N-dealkylation sites (tertiary alicyclic amines) is 1. The Kier molecular flexibility index (Phi) is 7.49. The number of carbonyl (C=O) groups is 2.